The Morgan fingerprint density at radius 3 is 2.83 bits per heavy atom. The third kappa shape index (κ3) is 2.12. The van der Waals surface area contributed by atoms with Gasteiger partial charge in [-0.3, -0.25) is 5.84 Å². The molecule has 0 bridgehead atoms. The van der Waals surface area contributed by atoms with Gasteiger partial charge in [-0.15, -0.1) is 0 Å². The number of ether oxygens (including phenoxy) is 1. The fourth-order valence-electron chi connectivity index (χ4n) is 0.869. The van der Waals surface area contributed by atoms with E-state index >= 15 is 0 Å². The minimum Gasteiger partial charge on any atom is -0.494 e. The fraction of sp³-hybridized carbons (Fsp3) is 0.250. The van der Waals surface area contributed by atoms with Crippen LogP contribution in [-0.4, -0.2) is 6.61 Å². The molecule has 0 fully saturated rings. The Hall–Kier alpha value is -0.740. The van der Waals surface area contributed by atoms with Crippen molar-refractivity contribution in [1.82, 2.24) is 0 Å². The normalized spacial score (nSPS) is 9.58. The zero-order valence-electron chi connectivity index (χ0n) is 6.80. The lowest BCUT2D eigenvalue weighted by Crippen LogP contribution is -2.07. The van der Waals surface area contributed by atoms with Gasteiger partial charge in [0.1, 0.15) is 5.75 Å². The molecule has 0 atom stereocenters. The Kier molecular flexibility index (Phi) is 3.37. The maximum Gasteiger partial charge on any atom is 0.120 e. The summed E-state index contributed by atoms with van der Waals surface area (Å²) >= 11 is 3.35. The average molecular weight is 231 g/mol. The van der Waals surface area contributed by atoms with Crippen molar-refractivity contribution in [3.63, 3.8) is 0 Å². The molecular weight excluding hydrogens is 220 g/mol. The van der Waals surface area contributed by atoms with Crippen molar-refractivity contribution in [1.29, 1.82) is 0 Å². The van der Waals surface area contributed by atoms with Gasteiger partial charge in [-0.1, -0.05) is 0 Å². The first kappa shape index (κ1) is 9.35. The van der Waals surface area contributed by atoms with Crippen molar-refractivity contribution in [3.05, 3.63) is 22.7 Å². The number of benzene rings is 1. The van der Waals surface area contributed by atoms with Gasteiger partial charge in [0.15, 0.2) is 0 Å². The highest BCUT2D eigenvalue weighted by atomic mass is 79.9. The zero-order chi connectivity index (χ0) is 8.97. The van der Waals surface area contributed by atoms with E-state index in [-0.39, 0.29) is 0 Å². The molecule has 1 aromatic rings. The van der Waals surface area contributed by atoms with Crippen molar-refractivity contribution in [2.45, 2.75) is 6.92 Å². The first-order chi connectivity index (χ1) is 5.77. The summed E-state index contributed by atoms with van der Waals surface area (Å²) in [5, 5.41) is 0. The summed E-state index contributed by atoms with van der Waals surface area (Å²) < 4.78 is 6.19. The number of anilines is 1. The lowest BCUT2D eigenvalue weighted by atomic mass is 10.3. The molecule has 0 aliphatic rings. The van der Waals surface area contributed by atoms with E-state index in [2.05, 4.69) is 21.4 Å². The van der Waals surface area contributed by atoms with Crippen LogP contribution in [0.3, 0.4) is 0 Å². The van der Waals surface area contributed by atoms with Gasteiger partial charge in [0, 0.05) is 4.47 Å². The molecule has 12 heavy (non-hydrogen) atoms. The maximum absolute atomic E-state index is 5.29. The van der Waals surface area contributed by atoms with Crippen LogP contribution in [0, 0.1) is 0 Å². The molecule has 66 valence electrons. The maximum atomic E-state index is 5.29. The van der Waals surface area contributed by atoms with Crippen LogP contribution in [0.5, 0.6) is 5.75 Å². The second-order valence-electron chi connectivity index (χ2n) is 2.22. The van der Waals surface area contributed by atoms with E-state index in [1.165, 1.54) is 0 Å². The van der Waals surface area contributed by atoms with Gasteiger partial charge in [-0.25, -0.2) is 0 Å². The number of nitrogens with two attached hydrogens (primary N) is 1. The molecule has 0 heterocycles. The van der Waals surface area contributed by atoms with Crippen molar-refractivity contribution in [2.75, 3.05) is 12.0 Å². The molecule has 0 aliphatic carbocycles. The summed E-state index contributed by atoms with van der Waals surface area (Å²) in [5.41, 5.74) is 3.41. The summed E-state index contributed by atoms with van der Waals surface area (Å²) in [6, 6.07) is 5.59. The molecule has 3 nitrogen and oxygen atoms in total. The van der Waals surface area contributed by atoms with Gasteiger partial charge in [0.2, 0.25) is 0 Å². The molecule has 0 radical (unpaired) electrons. The topological polar surface area (TPSA) is 47.3 Å². The predicted molar refractivity (Wildman–Crippen MR) is 53.1 cm³/mol. The minimum atomic E-state index is 0.668. The standard InChI is InChI=1S/C8H11BrN2O/c1-2-12-6-3-4-8(11-10)7(9)5-6/h3-5,11H,2,10H2,1H3. The Bertz CT molecular complexity index is 265. The second-order valence-corrected chi connectivity index (χ2v) is 3.07. The van der Waals surface area contributed by atoms with Gasteiger partial charge in [-0.2, -0.15) is 0 Å². The van der Waals surface area contributed by atoms with E-state index in [4.69, 9.17) is 10.6 Å². The van der Waals surface area contributed by atoms with Crippen LogP contribution in [-0.2, 0) is 0 Å². The van der Waals surface area contributed by atoms with Crippen molar-refractivity contribution in [3.8, 4) is 5.75 Å². The predicted octanol–water partition coefficient (Wildman–Crippen LogP) is 2.13. The van der Waals surface area contributed by atoms with Crippen LogP contribution in [0.1, 0.15) is 6.92 Å². The molecule has 4 heteroatoms. The van der Waals surface area contributed by atoms with Gasteiger partial charge < -0.3 is 10.2 Å². The number of nitrogens with one attached hydrogen (secondary N) is 1. The van der Waals surface area contributed by atoms with E-state index in [9.17, 15) is 0 Å². The van der Waals surface area contributed by atoms with Crippen molar-refractivity contribution < 1.29 is 4.74 Å². The first-order valence-corrected chi connectivity index (χ1v) is 4.46. The molecule has 3 N–H and O–H groups in total. The molecule has 0 amide bonds. The number of halogens is 1. The highest BCUT2D eigenvalue weighted by Crippen LogP contribution is 2.26. The van der Waals surface area contributed by atoms with E-state index in [1.807, 2.05) is 25.1 Å². The first-order valence-electron chi connectivity index (χ1n) is 3.67. The highest BCUT2D eigenvalue weighted by Gasteiger charge is 1.99. The quantitative estimate of drug-likeness (QED) is 0.618. The van der Waals surface area contributed by atoms with Crippen LogP contribution >= 0.6 is 15.9 Å². The van der Waals surface area contributed by atoms with Crippen LogP contribution in [0.2, 0.25) is 0 Å². The molecule has 0 saturated heterocycles. The number of rotatable bonds is 3. The fourth-order valence-corrected chi connectivity index (χ4v) is 1.34. The Labute approximate surface area is 80.0 Å². The monoisotopic (exact) mass is 230 g/mol. The van der Waals surface area contributed by atoms with Gasteiger partial charge in [0.25, 0.3) is 0 Å². The summed E-state index contributed by atoms with van der Waals surface area (Å²) in [4.78, 5) is 0. The molecule has 1 rings (SSSR count). The summed E-state index contributed by atoms with van der Waals surface area (Å²) in [7, 11) is 0. The van der Waals surface area contributed by atoms with Crippen LogP contribution < -0.4 is 16.0 Å². The zero-order valence-corrected chi connectivity index (χ0v) is 8.39. The number of hydrazine groups is 1. The number of hydrogen-bond acceptors (Lipinski definition) is 3. The van der Waals surface area contributed by atoms with Crippen LogP contribution in [0.15, 0.2) is 22.7 Å². The van der Waals surface area contributed by atoms with E-state index in [1.54, 1.807) is 0 Å². The van der Waals surface area contributed by atoms with Gasteiger partial charge in [0.05, 0.1) is 12.3 Å². The minimum absolute atomic E-state index is 0.668. The average Bonchev–Trinajstić information content (AvgIpc) is 2.05. The Balaban J connectivity index is 2.86. The van der Waals surface area contributed by atoms with E-state index in [0.29, 0.717) is 6.61 Å². The van der Waals surface area contributed by atoms with Crippen molar-refractivity contribution >= 4 is 21.6 Å². The smallest absolute Gasteiger partial charge is 0.120 e. The number of nitrogen functional groups attached to an aromatic ring is 1. The molecular formula is C8H11BrN2O. The molecule has 0 unspecified atom stereocenters. The number of hydrogen-bond donors (Lipinski definition) is 2. The molecule has 0 saturated carbocycles. The lowest BCUT2D eigenvalue weighted by molar-refractivity contribution is 0.340. The van der Waals surface area contributed by atoms with Gasteiger partial charge >= 0.3 is 0 Å². The summed E-state index contributed by atoms with van der Waals surface area (Å²) in [6.07, 6.45) is 0. The van der Waals surface area contributed by atoms with Crippen molar-refractivity contribution in [2.24, 2.45) is 5.84 Å². The largest absolute Gasteiger partial charge is 0.494 e. The third-order valence-corrected chi connectivity index (χ3v) is 2.06. The molecule has 0 aromatic heterocycles. The lowest BCUT2D eigenvalue weighted by Gasteiger charge is -2.06. The van der Waals surface area contributed by atoms with Crippen LogP contribution in [0.25, 0.3) is 0 Å². The van der Waals surface area contributed by atoms with Gasteiger partial charge in [-0.05, 0) is 41.1 Å². The second kappa shape index (κ2) is 4.33. The van der Waals surface area contributed by atoms with E-state index < -0.39 is 0 Å². The Morgan fingerprint density at radius 1 is 1.58 bits per heavy atom. The summed E-state index contributed by atoms with van der Waals surface area (Å²) in [6.45, 7) is 2.62. The molecule has 0 aliphatic heterocycles. The van der Waals surface area contributed by atoms with Crippen LogP contribution in [0.4, 0.5) is 5.69 Å². The van der Waals surface area contributed by atoms with E-state index in [0.717, 1.165) is 15.9 Å². The molecule has 1 aromatic carbocycles. The molecule has 0 spiro atoms. The summed E-state index contributed by atoms with van der Waals surface area (Å²) in [5.74, 6) is 6.09. The third-order valence-electron chi connectivity index (χ3n) is 1.41. The highest BCUT2D eigenvalue weighted by molar-refractivity contribution is 9.10. The Morgan fingerprint density at radius 2 is 2.33 bits per heavy atom. The SMILES string of the molecule is CCOc1ccc(NN)c(Br)c1.